The summed E-state index contributed by atoms with van der Waals surface area (Å²) in [4.78, 5) is 31.0. The van der Waals surface area contributed by atoms with Gasteiger partial charge in [-0.1, -0.05) is 29.4 Å². The van der Waals surface area contributed by atoms with Crippen molar-refractivity contribution in [3.63, 3.8) is 0 Å². The number of amides is 1. The summed E-state index contributed by atoms with van der Waals surface area (Å²) < 4.78 is 1.66. The molecular weight excluding hydrogens is 428 g/mol. The predicted octanol–water partition coefficient (Wildman–Crippen LogP) is 4.11. The fraction of sp³-hybridized carbons (Fsp3) is 0.0526. The highest BCUT2D eigenvalue weighted by atomic mass is 35.5. The summed E-state index contributed by atoms with van der Waals surface area (Å²) >= 11 is 7.31. The minimum Gasteiger partial charge on any atom is -0.325 e. The minimum atomic E-state index is -0.495. The Morgan fingerprint density at radius 1 is 1.20 bits per heavy atom. The Hall–Kier alpha value is -3.50. The molecule has 4 aromatic rings. The molecule has 2 aromatic carbocycles. The van der Waals surface area contributed by atoms with Gasteiger partial charge in [0.05, 0.1) is 27.9 Å². The van der Waals surface area contributed by atoms with E-state index >= 15 is 0 Å². The highest BCUT2D eigenvalue weighted by Gasteiger charge is 2.14. The number of fused-ring (bicyclic) bond motifs is 1. The summed E-state index contributed by atoms with van der Waals surface area (Å²) in [7, 11) is 0. The second-order valence-corrected chi connectivity index (χ2v) is 7.49. The van der Waals surface area contributed by atoms with Gasteiger partial charge in [-0.3, -0.25) is 14.9 Å². The number of non-ortho nitro benzene ring substituents is 1. The van der Waals surface area contributed by atoms with Crippen LogP contribution in [0.2, 0.25) is 5.02 Å². The average molecular weight is 441 g/mol. The van der Waals surface area contributed by atoms with E-state index in [9.17, 15) is 14.9 Å². The van der Waals surface area contributed by atoms with Crippen molar-refractivity contribution in [1.82, 2.24) is 19.7 Å². The normalized spacial score (nSPS) is 10.8. The smallest absolute Gasteiger partial charge is 0.269 e. The third kappa shape index (κ3) is 4.24. The number of nitro benzene ring substituents is 1. The van der Waals surface area contributed by atoms with E-state index in [-0.39, 0.29) is 17.3 Å². The number of anilines is 1. The number of nitro groups is 1. The molecule has 30 heavy (non-hydrogen) atoms. The summed E-state index contributed by atoms with van der Waals surface area (Å²) in [5.74, 6) is -0.159. The fourth-order valence-corrected chi connectivity index (χ4v) is 3.68. The van der Waals surface area contributed by atoms with Gasteiger partial charge in [-0.15, -0.1) is 0 Å². The van der Waals surface area contributed by atoms with Crippen LogP contribution >= 0.6 is 23.4 Å². The number of carbonyl (C=O) groups excluding carboxylic acids is 1. The van der Waals surface area contributed by atoms with Gasteiger partial charge in [0.25, 0.3) is 5.69 Å². The molecule has 1 amide bonds. The lowest BCUT2D eigenvalue weighted by Gasteiger charge is -2.06. The molecule has 0 atom stereocenters. The maximum absolute atomic E-state index is 12.3. The molecule has 150 valence electrons. The van der Waals surface area contributed by atoms with E-state index in [1.807, 2.05) is 12.1 Å². The molecule has 0 aliphatic carbocycles. The summed E-state index contributed by atoms with van der Waals surface area (Å²) in [6.45, 7) is 0. The molecule has 2 aromatic heterocycles. The van der Waals surface area contributed by atoms with Crippen molar-refractivity contribution in [1.29, 1.82) is 0 Å². The van der Waals surface area contributed by atoms with Gasteiger partial charge in [-0.25, -0.2) is 14.6 Å². The molecule has 0 aliphatic heterocycles. The number of halogens is 1. The maximum atomic E-state index is 12.3. The van der Waals surface area contributed by atoms with Gasteiger partial charge in [0.1, 0.15) is 11.4 Å². The van der Waals surface area contributed by atoms with Gasteiger partial charge in [0, 0.05) is 22.8 Å². The monoisotopic (exact) mass is 440 g/mol. The van der Waals surface area contributed by atoms with E-state index in [4.69, 9.17) is 11.6 Å². The molecule has 0 aliphatic rings. The van der Waals surface area contributed by atoms with Crippen molar-refractivity contribution < 1.29 is 9.72 Å². The Morgan fingerprint density at radius 3 is 2.73 bits per heavy atom. The van der Waals surface area contributed by atoms with E-state index in [0.29, 0.717) is 26.8 Å². The van der Waals surface area contributed by atoms with Crippen molar-refractivity contribution in [2.24, 2.45) is 0 Å². The fourth-order valence-electron chi connectivity index (χ4n) is 2.73. The topological polar surface area (TPSA) is 116 Å². The zero-order valence-electron chi connectivity index (χ0n) is 15.2. The molecular formula is C19H13ClN6O3S. The van der Waals surface area contributed by atoms with Crippen molar-refractivity contribution in [3.05, 3.63) is 76.2 Å². The van der Waals surface area contributed by atoms with Crippen LogP contribution in [0.4, 0.5) is 11.4 Å². The minimum absolute atomic E-state index is 0.0394. The van der Waals surface area contributed by atoms with Gasteiger partial charge in [-0.05, 0) is 30.3 Å². The zero-order valence-corrected chi connectivity index (χ0v) is 16.8. The molecule has 0 spiro atoms. The number of carbonyl (C=O) groups is 1. The quantitative estimate of drug-likeness (QED) is 0.207. The summed E-state index contributed by atoms with van der Waals surface area (Å²) in [5, 5.41) is 19.7. The van der Waals surface area contributed by atoms with Gasteiger partial charge in [0.2, 0.25) is 5.91 Å². The first kappa shape index (κ1) is 19.8. The molecule has 0 radical (unpaired) electrons. The van der Waals surface area contributed by atoms with E-state index in [0.717, 1.165) is 5.69 Å². The lowest BCUT2D eigenvalue weighted by Crippen LogP contribution is -2.14. The van der Waals surface area contributed by atoms with Crippen LogP contribution in [0.5, 0.6) is 0 Å². The summed E-state index contributed by atoms with van der Waals surface area (Å²) in [6.07, 6.45) is 3.06. The lowest BCUT2D eigenvalue weighted by atomic mass is 10.3. The molecule has 4 rings (SSSR count). The Morgan fingerprint density at radius 2 is 2.00 bits per heavy atom. The molecule has 0 bridgehead atoms. The third-order valence-corrected chi connectivity index (χ3v) is 5.32. The second-order valence-electron chi connectivity index (χ2n) is 6.09. The van der Waals surface area contributed by atoms with Crippen LogP contribution in [0.1, 0.15) is 0 Å². The molecule has 9 nitrogen and oxygen atoms in total. The summed E-state index contributed by atoms with van der Waals surface area (Å²) in [5.41, 5.74) is 1.81. The van der Waals surface area contributed by atoms with E-state index in [1.165, 1.54) is 42.4 Å². The Balaban J connectivity index is 1.48. The van der Waals surface area contributed by atoms with E-state index in [1.54, 1.807) is 23.0 Å². The number of aromatic nitrogens is 4. The average Bonchev–Trinajstić information content (AvgIpc) is 3.17. The number of nitrogens with zero attached hydrogens (tertiary/aromatic N) is 5. The molecule has 0 saturated heterocycles. The lowest BCUT2D eigenvalue weighted by molar-refractivity contribution is -0.384. The Bertz CT molecular complexity index is 1240. The number of hydrogen-bond donors (Lipinski definition) is 1. The van der Waals surface area contributed by atoms with Crippen LogP contribution in [0, 0.1) is 10.1 Å². The SMILES string of the molecule is O=C(CSc1ncnc2c1cnn2-c1cccc(Cl)c1)Nc1ccc([N+](=O)[O-])cc1. The Labute approximate surface area is 179 Å². The number of thioether (sulfide) groups is 1. The maximum Gasteiger partial charge on any atom is 0.269 e. The number of benzene rings is 2. The summed E-state index contributed by atoms with van der Waals surface area (Å²) in [6, 6.07) is 12.9. The number of nitrogens with one attached hydrogen (secondary N) is 1. The molecule has 0 saturated carbocycles. The first-order chi connectivity index (χ1) is 14.5. The van der Waals surface area contributed by atoms with Gasteiger partial charge >= 0.3 is 0 Å². The number of hydrogen-bond acceptors (Lipinski definition) is 7. The van der Waals surface area contributed by atoms with Crippen LogP contribution in [0.15, 0.2) is 66.1 Å². The highest BCUT2D eigenvalue weighted by molar-refractivity contribution is 8.00. The largest absolute Gasteiger partial charge is 0.325 e. The van der Waals surface area contributed by atoms with Gasteiger partial charge in [-0.2, -0.15) is 5.10 Å². The van der Waals surface area contributed by atoms with Crippen LogP contribution in [0.3, 0.4) is 0 Å². The highest BCUT2D eigenvalue weighted by Crippen LogP contribution is 2.26. The third-order valence-electron chi connectivity index (χ3n) is 4.08. The van der Waals surface area contributed by atoms with Crippen molar-refractivity contribution in [2.75, 3.05) is 11.1 Å². The van der Waals surface area contributed by atoms with Crippen molar-refractivity contribution >= 4 is 51.7 Å². The van der Waals surface area contributed by atoms with E-state index < -0.39 is 4.92 Å². The molecule has 1 N–H and O–H groups in total. The van der Waals surface area contributed by atoms with Gasteiger partial charge < -0.3 is 5.32 Å². The first-order valence-electron chi connectivity index (χ1n) is 8.63. The Kier molecular flexibility index (Phi) is 5.59. The zero-order chi connectivity index (χ0) is 21.1. The molecule has 2 heterocycles. The van der Waals surface area contributed by atoms with Crippen LogP contribution in [-0.2, 0) is 4.79 Å². The molecule has 0 unspecified atom stereocenters. The van der Waals surface area contributed by atoms with Crippen molar-refractivity contribution in [3.8, 4) is 5.69 Å². The number of rotatable bonds is 6. The second kappa shape index (κ2) is 8.47. The standard InChI is InChI=1S/C19H13ClN6O3S/c20-12-2-1-3-15(8-12)25-18-16(9-23-25)19(22-11-21-18)30-10-17(27)24-13-4-6-14(7-5-13)26(28)29/h1-9,11H,10H2,(H,24,27). The van der Waals surface area contributed by atoms with Crippen LogP contribution in [-0.4, -0.2) is 36.3 Å². The predicted molar refractivity (Wildman–Crippen MR) is 114 cm³/mol. The van der Waals surface area contributed by atoms with Crippen LogP contribution in [0.25, 0.3) is 16.7 Å². The van der Waals surface area contributed by atoms with Crippen molar-refractivity contribution in [2.45, 2.75) is 5.03 Å². The molecule has 0 fully saturated rings. The first-order valence-corrected chi connectivity index (χ1v) is 9.99. The van der Waals surface area contributed by atoms with Crippen LogP contribution < -0.4 is 5.32 Å². The van der Waals surface area contributed by atoms with Gasteiger partial charge in [0.15, 0.2) is 5.65 Å². The van der Waals surface area contributed by atoms with E-state index in [2.05, 4.69) is 20.4 Å². The molecule has 11 heteroatoms.